The van der Waals surface area contributed by atoms with Crippen LogP contribution in [0.25, 0.3) is 11.2 Å². The monoisotopic (exact) mass is 609 g/mol. The van der Waals surface area contributed by atoms with E-state index in [1.807, 2.05) is 23.6 Å². The summed E-state index contributed by atoms with van der Waals surface area (Å²) in [6.45, 7) is 6.54. The maximum Gasteiger partial charge on any atom is 0.278 e. The molecular weight excluding hydrogens is 577 g/mol. The second kappa shape index (κ2) is 11.6. The number of nitrogens with two attached hydrogens (primary N) is 1. The number of benzene rings is 2. The van der Waals surface area contributed by atoms with Gasteiger partial charge in [-0.15, -0.1) is 10.2 Å². The molecule has 0 aliphatic carbocycles. The highest BCUT2D eigenvalue weighted by Crippen LogP contribution is 2.49. The molecule has 2 aromatic carbocycles. The fourth-order valence-corrected chi connectivity index (χ4v) is 5.99. The number of methoxy groups -OCH3 is 1. The number of likely N-dealkylation sites (tertiary alicyclic amines) is 1. The number of halogens is 2. The molecule has 0 bridgehead atoms. The molecule has 226 valence electrons. The number of fused-ring (bicyclic) bond motifs is 2. The predicted molar refractivity (Wildman–Crippen MR) is 158 cm³/mol. The summed E-state index contributed by atoms with van der Waals surface area (Å²) < 4.78 is 34.9. The lowest BCUT2D eigenvalue weighted by atomic mass is 9.88. The van der Waals surface area contributed by atoms with Crippen LogP contribution in [-0.2, 0) is 23.6 Å². The molecule has 11 nitrogen and oxygen atoms in total. The maximum absolute atomic E-state index is 14.8. The van der Waals surface area contributed by atoms with Crippen LogP contribution in [0, 0.1) is 5.82 Å². The van der Waals surface area contributed by atoms with Crippen LogP contribution >= 0.6 is 11.6 Å². The van der Waals surface area contributed by atoms with Gasteiger partial charge in [-0.2, -0.15) is 0 Å². The maximum atomic E-state index is 14.8. The minimum atomic E-state index is -1.29. The largest absolute Gasteiger partial charge is 0.444 e. The number of ether oxygens (including phenoxy) is 3. The second-order valence-electron chi connectivity index (χ2n) is 11.1. The molecule has 2 atom stereocenters. The van der Waals surface area contributed by atoms with Gasteiger partial charge in [0.15, 0.2) is 23.0 Å². The van der Waals surface area contributed by atoms with E-state index in [1.165, 1.54) is 6.07 Å². The number of para-hydroxylation sites is 1. The molecular formula is C30H33ClFN7O4. The van der Waals surface area contributed by atoms with Crippen LogP contribution in [0.2, 0.25) is 5.02 Å². The summed E-state index contributed by atoms with van der Waals surface area (Å²) in [5, 5.41) is 20.8. The summed E-state index contributed by atoms with van der Waals surface area (Å²) in [6.07, 6.45) is 1.73. The third-order valence-electron chi connectivity index (χ3n) is 8.21. The van der Waals surface area contributed by atoms with E-state index >= 15 is 0 Å². The van der Waals surface area contributed by atoms with E-state index < -0.39 is 11.6 Å². The highest BCUT2D eigenvalue weighted by atomic mass is 35.5. The Morgan fingerprint density at radius 2 is 2.02 bits per heavy atom. The number of piperidine rings is 1. The number of hydrogen-bond acceptors (Lipinski definition) is 9. The first-order chi connectivity index (χ1) is 20.7. The van der Waals surface area contributed by atoms with Crippen molar-refractivity contribution in [2.75, 3.05) is 20.2 Å². The highest BCUT2D eigenvalue weighted by Gasteiger charge is 2.43. The Hall–Kier alpha value is -4.00. The van der Waals surface area contributed by atoms with Gasteiger partial charge in [0.05, 0.1) is 24.8 Å². The van der Waals surface area contributed by atoms with E-state index in [9.17, 15) is 4.39 Å². The molecule has 0 spiro atoms. The molecule has 2 unspecified atom stereocenters. The SMILES string of the molecule is COC(C)Cn1c(CN2CCC(c3cccc4c3OC(C)(c3ccc(Cl)cc3F)O4)CC2)nc2cc(C(N)=NO)nnc21. The van der Waals surface area contributed by atoms with Crippen LogP contribution in [0.5, 0.6) is 11.5 Å². The van der Waals surface area contributed by atoms with Gasteiger partial charge < -0.3 is 29.7 Å². The Morgan fingerprint density at radius 3 is 2.74 bits per heavy atom. The number of amidine groups is 1. The minimum absolute atomic E-state index is 0.0677. The second-order valence-corrected chi connectivity index (χ2v) is 11.5. The molecule has 4 aromatic rings. The molecule has 2 aliphatic rings. The molecule has 43 heavy (non-hydrogen) atoms. The van der Waals surface area contributed by atoms with Gasteiger partial charge in [-0.3, -0.25) is 4.90 Å². The summed E-state index contributed by atoms with van der Waals surface area (Å²) in [5.74, 6) is 0.449. The number of oxime groups is 1. The van der Waals surface area contributed by atoms with Gasteiger partial charge in [0.1, 0.15) is 22.9 Å². The average Bonchev–Trinajstić information content (AvgIpc) is 3.53. The molecule has 2 aromatic heterocycles. The number of hydrogen-bond donors (Lipinski definition) is 2. The van der Waals surface area contributed by atoms with Crippen molar-refractivity contribution < 1.29 is 23.8 Å². The third-order valence-corrected chi connectivity index (χ3v) is 8.44. The zero-order valence-electron chi connectivity index (χ0n) is 24.1. The molecule has 1 saturated heterocycles. The van der Waals surface area contributed by atoms with E-state index in [2.05, 4.69) is 26.3 Å². The summed E-state index contributed by atoms with van der Waals surface area (Å²) in [6, 6.07) is 12.0. The van der Waals surface area contributed by atoms with E-state index in [0.29, 0.717) is 46.3 Å². The summed E-state index contributed by atoms with van der Waals surface area (Å²) in [5.41, 5.74) is 8.56. The van der Waals surface area contributed by atoms with Crippen molar-refractivity contribution in [1.82, 2.24) is 24.6 Å². The Bertz CT molecular complexity index is 1690. The van der Waals surface area contributed by atoms with Crippen molar-refractivity contribution in [2.45, 2.75) is 57.6 Å². The zero-order valence-corrected chi connectivity index (χ0v) is 24.9. The van der Waals surface area contributed by atoms with Gasteiger partial charge >= 0.3 is 0 Å². The Balaban J connectivity index is 1.19. The average molecular weight is 610 g/mol. The molecule has 0 amide bonds. The Labute approximate surface area is 253 Å². The van der Waals surface area contributed by atoms with Crippen molar-refractivity contribution in [3.05, 3.63) is 75.9 Å². The van der Waals surface area contributed by atoms with E-state index in [1.54, 1.807) is 32.2 Å². The molecule has 2 aliphatic heterocycles. The van der Waals surface area contributed by atoms with Crippen LogP contribution in [0.3, 0.4) is 0 Å². The van der Waals surface area contributed by atoms with Crippen molar-refractivity contribution in [1.29, 1.82) is 0 Å². The molecule has 0 radical (unpaired) electrons. The van der Waals surface area contributed by atoms with Gasteiger partial charge in [0.25, 0.3) is 5.79 Å². The Morgan fingerprint density at radius 1 is 1.23 bits per heavy atom. The van der Waals surface area contributed by atoms with Crippen molar-refractivity contribution in [3.63, 3.8) is 0 Å². The zero-order chi connectivity index (χ0) is 30.3. The third kappa shape index (κ3) is 5.57. The van der Waals surface area contributed by atoms with Gasteiger partial charge in [-0.25, -0.2) is 9.37 Å². The van der Waals surface area contributed by atoms with Crippen LogP contribution in [0.15, 0.2) is 47.6 Å². The van der Waals surface area contributed by atoms with Gasteiger partial charge in [-0.1, -0.05) is 28.9 Å². The molecule has 3 N–H and O–H groups in total. The van der Waals surface area contributed by atoms with E-state index in [4.69, 9.17) is 41.7 Å². The number of rotatable bonds is 8. The molecule has 1 fully saturated rings. The normalized spacial score (nSPS) is 20.2. The summed E-state index contributed by atoms with van der Waals surface area (Å²) in [7, 11) is 1.67. The predicted octanol–water partition coefficient (Wildman–Crippen LogP) is 4.77. The lowest BCUT2D eigenvalue weighted by Crippen LogP contribution is -2.34. The lowest BCUT2D eigenvalue weighted by Gasteiger charge is -2.32. The van der Waals surface area contributed by atoms with Gasteiger partial charge in [0, 0.05) is 24.6 Å². The Kier molecular flexibility index (Phi) is 7.84. The molecule has 0 saturated carbocycles. The van der Waals surface area contributed by atoms with Crippen LogP contribution in [-0.4, -0.2) is 62.0 Å². The van der Waals surface area contributed by atoms with E-state index in [-0.39, 0.29) is 23.6 Å². The van der Waals surface area contributed by atoms with Gasteiger partial charge in [-0.05, 0) is 69.1 Å². The van der Waals surface area contributed by atoms with E-state index in [0.717, 1.165) is 37.3 Å². The smallest absolute Gasteiger partial charge is 0.278 e. The first kappa shape index (κ1) is 29.1. The molecule has 13 heteroatoms. The standard InChI is InChI=1S/C30H33ClFN7O4/c1-17(41-3)15-39-26(34-24-14-23(28(33)37-40)35-36-29(24)39)16-38-11-9-18(10-12-38)20-5-4-6-25-27(20)43-30(2,42-25)21-8-7-19(31)13-22(21)32/h4-8,13-14,17-18,40H,9-12,15-16H2,1-3H3,(H2,33,37). The van der Waals surface area contributed by atoms with Crippen LogP contribution in [0.4, 0.5) is 4.39 Å². The fourth-order valence-electron chi connectivity index (χ4n) is 5.83. The van der Waals surface area contributed by atoms with Crippen LogP contribution in [0.1, 0.15) is 55.3 Å². The highest BCUT2D eigenvalue weighted by molar-refractivity contribution is 6.30. The summed E-state index contributed by atoms with van der Waals surface area (Å²) >= 11 is 5.97. The molecule has 6 rings (SSSR count). The quantitative estimate of drug-likeness (QED) is 0.125. The fraction of sp³-hybridized carbons (Fsp3) is 0.400. The first-order valence-corrected chi connectivity index (χ1v) is 14.5. The number of nitrogens with zero attached hydrogens (tertiary/aromatic N) is 6. The number of imidazole rings is 1. The minimum Gasteiger partial charge on any atom is -0.444 e. The first-order valence-electron chi connectivity index (χ1n) is 14.1. The summed E-state index contributed by atoms with van der Waals surface area (Å²) in [4.78, 5) is 7.21. The van der Waals surface area contributed by atoms with Crippen molar-refractivity contribution in [2.24, 2.45) is 10.9 Å². The number of aromatic nitrogens is 4. The topological polar surface area (TPSA) is 133 Å². The van der Waals surface area contributed by atoms with Crippen molar-refractivity contribution in [3.8, 4) is 11.5 Å². The van der Waals surface area contributed by atoms with Crippen LogP contribution < -0.4 is 15.2 Å². The van der Waals surface area contributed by atoms with Gasteiger partial charge in [0.2, 0.25) is 0 Å². The van der Waals surface area contributed by atoms with Crippen molar-refractivity contribution >= 4 is 28.6 Å². The molecule has 4 heterocycles. The lowest BCUT2D eigenvalue weighted by molar-refractivity contribution is -0.0712.